The molecule has 0 aromatic rings. The molecule has 0 radical (unpaired) electrons. The number of unbranched alkanes of at least 4 members (excludes halogenated alkanes) is 2. The predicted molar refractivity (Wildman–Crippen MR) is 70.2 cm³/mol. The molecule has 0 aliphatic rings. The summed E-state index contributed by atoms with van der Waals surface area (Å²) in [5.41, 5.74) is 0. The monoisotopic (exact) mass is 290 g/mol. The Morgan fingerprint density at radius 3 is 1.56 bits per heavy atom. The van der Waals surface area contributed by atoms with Crippen LogP contribution in [0.4, 0.5) is 0 Å². The van der Waals surface area contributed by atoms with Crippen LogP contribution in [0.2, 0.25) is 0 Å². The van der Waals surface area contributed by atoms with Crippen molar-refractivity contribution in [3.63, 3.8) is 0 Å². The van der Waals surface area contributed by atoms with Gasteiger partial charge in [0.2, 0.25) is 0 Å². The molecular weight excluding hydrogens is 263 g/mol. The summed E-state index contributed by atoms with van der Waals surface area (Å²) in [5.74, 6) is 0. The number of hydrogen-bond acceptors (Lipinski definition) is 4. The van der Waals surface area contributed by atoms with Gasteiger partial charge in [-0.15, -0.1) is 0 Å². The largest absolute Gasteiger partial charge is 1.00 e. The number of rotatable bonds is 10. The van der Waals surface area contributed by atoms with E-state index in [1.54, 1.807) is 13.8 Å². The van der Waals surface area contributed by atoms with Crippen LogP contribution < -0.4 is 29.6 Å². The van der Waals surface area contributed by atoms with Crippen LogP contribution in [0.15, 0.2) is 0 Å². The first kappa shape index (κ1) is 21.2. The zero-order valence-corrected chi connectivity index (χ0v) is 15.3. The van der Waals surface area contributed by atoms with Crippen molar-refractivity contribution < 1.29 is 47.8 Å². The Kier molecular flexibility index (Phi) is 13.7. The molecule has 0 heterocycles. The summed E-state index contributed by atoms with van der Waals surface area (Å²) in [5, 5.41) is 0. The average Bonchev–Trinajstić information content (AvgIpc) is 2.22. The van der Waals surface area contributed by atoms with E-state index < -0.39 is 10.4 Å². The average molecular weight is 290 g/mol. The SMILES string of the molecule is CCCCC(C)OS(=O)(=O)OC(C)CCCC.[H-].[Na+]. The van der Waals surface area contributed by atoms with Crippen LogP contribution in [0.3, 0.4) is 0 Å². The fourth-order valence-corrected chi connectivity index (χ4v) is 2.55. The summed E-state index contributed by atoms with van der Waals surface area (Å²) >= 11 is 0. The molecule has 0 N–H and O–H groups in total. The van der Waals surface area contributed by atoms with Gasteiger partial charge in [-0.3, -0.25) is 0 Å². The van der Waals surface area contributed by atoms with Crippen LogP contribution in [-0.2, 0) is 18.8 Å². The third kappa shape index (κ3) is 11.9. The van der Waals surface area contributed by atoms with Crippen molar-refractivity contribution >= 4 is 10.4 Å². The molecular formula is C12H27NaO4S. The Balaban J connectivity index is -0.00000128. The van der Waals surface area contributed by atoms with E-state index in [1.807, 2.05) is 0 Å². The topological polar surface area (TPSA) is 52.6 Å². The normalized spacial score (nSPS) is 14.9. The van der Waals surface area contributed by atoms with Crippen LogP contribution in [0.1, 0.15) is 67.6 Å². The van der Waals surface area contributed by atoms with Gasteiger partial charge in [0.15, 0.2) is 0 Å². The third-order valence-corrected chi connectivity index (χ3v) is 3.62. The van der Waals surface area contributed by atoms with Gasteiger partial charge in [-0.2, -0.15) is 8.42 Å². The standard InChI is InChI=1S/C12H26O4S.Na.H/c1-5-7-9-11(3)15-17(13,14)16-12(4)10-8-6-2;;/h11-12H,5-10H2,1-4H3;;/q;+1;-1. The molecule has 6 heteroatoms. The molecule has 2 unspecified atom stereocenters. The van der Waals surface area contributed by atoms with Gasteiger partial charge >= 0.3 is 40.0 Å². The van der Waals surface area contributed by atoms with Crippen LogP contribution >= 0.6 is 0 Å². The third-order valence-electron chi connectivity index (χ3n) is 2.49. The first-order valence-corrected chi connectivity index (χ1v) is 7.86. The van der Waals surface area contributed by atoms with E-state index in [4.69, 9.17) is 8.37 Å². The molecule has 0 aliphatic heterocycles. The van der Waals surface area contributed by atoms with E-state index in [9.17, 15) is 8.42 Å². The Morgan fingerprint density at radius 2 is 1.28 bits per heavy atom. The second-order valence-corrected chi connectivity index (χ2v) is 5.71. The summed E-state index contributed by atoms with van der Waals surface area (Å²) < 4.78 is 32.9. The van der Waals surface area contributed by atoms with E-state index in [0.717, 1.165) is 38.5 Å². The minimum absolute atomic E-state index is 0. The predicted octanol–water partition coefficient (Wildman–Crippen LogP) is 0.538. The van der Waals surface area contributed by atoms with Crippen molar-refractivity contribution in [2.45, 2.75) is 78.4 Å². The fraction of sp³-hybridized carbons (Fsp3) is 1.00. The minimum Gasteiger partial charge on any atom is -1.00 e. The summed E-state index contributed by atoms with van der Waals surface area (Å²) in [6, 6.07) is 0. The summed E-state index contributed by atoms with van der Waals surface area (Å²) in [7, 11) is -3.84. The van der Waals surface area contributed by atoms with E-state index >= 15 is 0 Å². The van der Waals surface area contributed by atoms with Crippen LogP contribution in [0.5, 0.6) is 0 Å². The summed E-state index contributed by atoms with van der Waals surface area (Å²) in [4.78, 5) is 0. The Hall–Kier alpha value is 0.870. The van der Waals surface area contributed by atoms with E-state index in [0.29, 0.717) is 0 Å². The Labute approximate surface area is 136 Å². The molecule has 0 saturated heterocycles. The maximum Gasteiger partial charge on any atom is 1.00 e. The van der Waals surface area contributed by atoms with Crippen molar-refractivity contribution in [3.8, 4) is 0 Å². The van der Waals surface area contributed by atoms with Gasteiger partial charge in [0, 0.05) is 0 Å². The van der Waals surface area contributed by atoms with Crippen molar-refractivity contribution in [1.82, 2.24) is 0 Å². The zero-order chi connectivity index (χ0) is 13.3. The minimum atomic E-state index is -3.84. The number of hydrogen-bond donors (Lipinski definition) is 0. The summed E-state index contributed by atoms with van der Waals surface area (Å²) in [6.07, 6.45) is 4.84. The summed E-state index contributed by atoms with van der Waals surface area (Å²) in [6.45, 7) is 7.63. The van der Waals surface area contributed by atoms with Crippen LogP contribution in [-0.4, -0.2) is 20.6 Å². The van der Waals surface area contributed by atoms with Crippen molar-refractivity contribution in [2.24, 2.45) is 0 Å². The van der Waals surface area contributed by atoms with E-state index in [-0.39, 0.29) is 43.2 Å². The zero-order valence-electron chi connectivity index (χ0n) is 13.4. The molecule has 0 saturated carbocycles. The first-order chi connectivity index (χ1) is 7.91. The van der Waals surface area contributed by atoms with Gasteiger partial charge in [-0.25, -0.2) is 8.37 Å². The first-order valence-electron chi connectivity index (χ1n) is 6.52. The van der Waals surface area contributed by atoms with Crippen molar-refractivity contribution in [2.75, 3.05) is 0 Å². The van der Waals surface area contributed by atoms with Gasteiger partial charge in [0.05, 0.1) is 12.2 Å². The smallest absolute Gasteiger partial charge is 1.00 e. The quantitative estimate of drug-likeness (QED) is 0.551. The molecule has 0 amide bonds. The van der Waals surface area contributed by atoms with Gasteiger partial charge in [-0.1, -0.05) is 39.5 Å². The molecule has 18 heavy (non-hydrogen) atoms. The molecule has 0 aromatic heterocycles. The maximum atomic E-state index is 11.5. The van der Waals surface area contributed by atoms with Gasteiger partial charge in [0.25, 0.3) is 0 Å². The van der Waals surface area contributed by atoms with Crippen LogP contribution in [0.25, 0.3) is 0 Å². The van der Waals surface area contributed by atoms with Gasteiger partial charge in [0.1, 0.15) is 0 Å². The van der Waals surface area contributed by atoms with Gasteiger partial charge < -0.3 is 1.43 Å². The van der Waals surface area contributed by atoms with Crippen LogP contribution in [0, 0.1) is 0 Å². The molecule has 0 rings (SSSR count). The molecule has 0 aliphatic carbocycles. The molecule has 2 atom stereocenters. The maximum absolute atomic E-state index is 11.5. The molecule has 106 valence electrons. The molecule has 4 nitrogen and oxygen atoms in total. The molecule has 0 spiro atoms. The fourth-order valence-electron chi connectivity index (χ4n) is 1.50. The van der Waals surface area contributed by atoms with Gasteiger partial charge in [-0.05, 0) is 26.7 Å². The van der Waals surface area contributed by atoms with Crippen molar-refractivity contribution in [1.29, 1.82) is 0 Å². The van der Waals surface area contributed by atoms with E-state index in [1.165, 1.54) is 0 Å². The molecule has 0 aromatic carbocycles. The molecule has 0 fully saturated rings. The second-order valence-electron chi connectivity index (χ2n) is 4.51. The Bertz CT molecular complexity index is 263. The van der Waals surface area contributed by atoms with Crippen molar-refractivity contribution in [3.05, 3.63) is 0 Å². The second kappa shape index (κ2) is 11.7. The van der Waals surface area contributed by atoms with E-state index in [2.05, 4.69) is 13.8 Å². The Morgan fingerprint density at radius 1 is 0.944 bits per heavy atom. The molecule has 0 bridgehead atoms.